The molecule has 0 bridgehead atoms. The molecule has 20 heavy (non-hydrogen) atoms. The third kappa shape index (κ3) is 3.52. The second-order valence-corrected chi connectivity index (χ2v) is 4.18. The summed E-state index contributed by atoms with van der Waals surface area (Å²) in [6.45, 7) is 0.448. The van der Waals surface area contributed by atoms with Gasteiger partial charge < -0.3 is 10.7 Å². The van der Waals surface area contributed by atoms with Crippen LogP contribution in [0.5, 0.6) is 0 Å². The maximum atomic E-state index is 12.7. The number of hydrogen-bond donors (Lipinski definition) is 3. The Bertz CT molecular complexity index is 586. The maximum Gasteiger partial charge on any atom is 0.255 e. The van der Waals surface area contributed by atoms with Crippen LogP contribution in [0.4, 0.5) is 10.2 Å². The Morgan fingerprint density at radius 3 is 2.70 bits per heavy atom. The average Bonchev–Trinajstić information content (AvgIpc) is 2.49. The van der Waals surface area contributed by atoms with Gasteiger partial charge >= 0.3 is 0 Å². The predicted molar refractivity (Wildman–Crippen MR) is 74.5 cm³/mol. The smallest absolute Gasteiger partial charge is 0.255 e. The number of carbonyl (C=O) groups is 1. The standard InChI is InChI=1S/C14H15FN4O/c15-11-5-3-10(4-6-11)7-9-18-14(20)12-2-1-8-17-13(12)19-16/h1-6,8H,7,9,16H2,(H,17,19)(H,18,20). The first kappa shape index (κ1) is 14.0. The normalized spacial score (nSPS) is 10.1. The Morgan fingerprint density at radius 2 is 2.00 bits per heavy atom. The SMILES string of the molecule is NNc1ncccc1C(=O)NCCc1ccc(F)cc1. The van der Waals surface area contributed by atoms with Crippen molar-refractivity contribution in [3.8, 4) is 0 Å². The highest BCUT2D eigenvalue weighted by molar-refractivity contribution is 5.98. The average molecular weight is 274 g/mol. The Hall–Kier alpha value is -2.47. The van der Waals surface area contributed by atoms with Crippen molar-refractivity contribution in [2.45, 2.75) is 6.42 Å². The van der Waals surface area contributed by atoms with Gasteiger partial charge in [-0.2, -0.15) is 0 Å². The largest absolute Gasteiger partial charge is 0.352 e. The van der Waals surface area contributed by atoms with Crippen molar-refractivity contribution in [1.29, 1.82) is 0 Å². The number of pyridine rings is 1. The van der Waals surface area contributed by atoms with Crippen molar-refractivity contribution in [3.05, 3.63) is 59.5 Å². The molecule has 1 aromatic carbocycles. The second kappa shape index (κ2) is 6.63. The molecule has 2 rings (SSSR count). The van der Waals surface area contributed by atoms with Gasteiger partial charge in [-0.1, -0.05) is 12.1 Å². The Balaban J connectivity index is 1.90. The first-order chi connectivity index (χ1) is 9.70. The van der Waals surface area contributed by atoms with E-state index in [1.54, 1.807) is 30.5 Å². The summed E-state index contributed by atoms with van der Waals surface area (Å²) in [5.41, 5.74) is 3.71. The minimum Gasteiger partial charge on any atom is -0.352 e. The third-order valence-corrected chi connectivity index (χ3v) is 2.80. The van der Waals surface area contributed by atoms with E-state index in [-0.39, 0.29) is 11.7 Å². The minimum atomic E-state index is -0.271. The number of rotatable bonds is 5. The minimum absolute atomic E-state index is 0.256. The van der Waals surface area contributed by atoms with Crippen molar-refractivity contribution >= 4 is 11.7 Å². The summed E-state index contributed by atoms with van der Waals surface area (Å²) in [6, 6.07) is 9.48. The highest BCUT2D eigenvalue weighted by atomic mass is 19.1. The Labute approximate surface area is 116 Å². The zero-order valence-electron chi connectivity index (χ0n) is 10.8. The summed E-state index contributed by atoms with van der Waals surface area (Å²) in [6.07, 6.45) is 2.17. The number of hydrazine groups is 1. The number of aromatic nitrogens is 1. The molecule has 2 aromatic rings. The zero-order chi connectivity index (χ0) is 14.4. The molecule has 0 saturated carbocycles. The fourth-order valence-corrected chi connectivity index (χ4v) is 1.77. The van der Waals surface area contributed by atoms with E-state index in [2.05, 4.69) is 15.7 Å². The predicted octanol–water partition coefficient (Wildman–Crippen LogP) is 1.48. The second-order valence-electron chi connectivity index (χ2n) is 4.18. The van der Waals surface area contributed by atoms with Gasteiger partial charge in [-0.05, 0) is 36.2 Å². The highest BCUT2D eigenvalue weighted by Crippen LogP contribution is 2.09. The van der Waals surface area contributed by atoms with Gasteiger partial charge in [-0.3, -0.25) is 4.79 Å². The molecule has 0 spiro atoms. The molecule has 0 aliphatic carbocycles. The first-order valence-electron chi connectivity index (χ1n) is 6.15. The van der Waals surface area contributed by atoms with Gasteiger partial charge in [0.15, 0.2) is 5.82 Å². The van der Waals surface area contributed by atoms with Crippen LogP contribution in [-0.4, -0.2) is 17.4 Å². The van der Waals surface area contributed by atoms with E-state index < -0.39 is 0 Å². The van der Waals surface area contributed by atoms with Crippen LogP contribution in [0.3, 0.4) is 0 Å². The summed E-state index contributed by atoms with van der Waals surface area (Å²) in [5.74, 6) is 5.09. The molecule has 6 heteroatoms. The lowest BCUT2D eigenvalue weighted by Crippen LogP contribution is -2.27. The molecule has 0 radical (unpaired) electrons. The van der Waals surface area contributed by atoms with Gasteiger partial charge in [-0.25, -0.2) is 15.2 Å². The molecule has 5 nitrogen and oxygen atoms in total. The number of hydrogen-bond acceptors (Lipinski definition) is 4. The quantitative estimate of drug-likeness (QED) is 0.570. The van der Waals surface area contributed by atoms with Crippen LogP contribution in [-0.2, 0) is 6.42 Å². The van der Waals surface area contributed by atoms with Gasteiger partial charge in [0.1, 0.15) is 5.82 Å². The molecule has 0 aliphatic rings. The number of carbonyl (C=O) groups excluding carboxylic acids is 1. The lowest BCUT2D eigenvalue weighted by molar-refractivity contribution is 0.0954. The van der Waals surface area contributed by atoms with Crippen LogP contribution < -0.4 is 16.6 Å². The number of benzene rings is 1. The molecular formula is C14H15FN4O. The van der Waals surface area contributed by atoms with E-state index in [0.717, 1.165) is 5.56 Å². The number of nitrogen functional groups attached to an aromatic ring is 1. The van der Waals surface area contributed by atoms with Gasteiger partial charge in [0.2, 0.25) is 0 Å². The van der Waals surface area contributed by atoms with E-state index in [9.17, 15) is 9.18 Å². The Kier molecular flexibility index (Phi) is 4.62. The van der Waals surface area contributed by atoms with Crippen molar-refractivity contribution < 1.29 is 9.18 Å². The van der Waals surface area contributed by atoms with Crippen LogP contribution in [0.1, 0.15) is 15.9 Å². The molecular weight excluding hydrogens is 259 g/mol. The topological polar surface area (TPSA) is 80.0 Å². The fourth-order valence-electron chi connectivity index (χ4n) is 1.77. The van der Waals surface area contributed by atoms with Gasteiger partial charge in [-0.15, -0.1) is 0 Å². The molecule has 0 fully saturated rings. The lowest BCUT2D eigenvalue weighted by Gasteiger charge is -2.08. The van der Waals surface area contributed by atoms with Crippen LogP contribution in [0.25, 0.3) is 0 Å². The van der Waals surface area contributed by atoms with E-state index in [0.29, 0.717) is 24.3 Å². The molecule has 0 saturated heterocycles. The molecule has 0 unspecified atom stereocenters. The summed E-state index contributed by atoms with van der Waals surface area (Å²) >= 11 is 0. The fraction of sp³-hybridized carbons (Fsp3) is 0.143. The summed E-state index contributed by atoms with van der Waals surface area (Å²) in [7, 11) is 0. The van der Waals surface area contributed by atoms with Crippen molar-refractivity contribution in [3.63, 3.8) is 0 Å². The number of nitrogens with two attached hydrogens (primary N) is 1. The van der Waals surface area contributed by atoms with Gasteiger partial charge in [0, 0.05) is 12.7 Å². The van der Waals surface area contributed by atoms with Crippen LogP contribution in [0, 0.1) is 5.82 Å². The number of anilines is 1. The monoisotopic (exact) mass is 274 g/mol. The van der Waals surface area contributed by atoms with Crippen molar-refractivity contribution in [1.82, 2.24) is 10.3 Å². The summed E-state index contributed by atoms with van der Waals surface area (Å²) < 4.78 is 12.7. The molecule has 104 valence electrons. The van der Waals surface area contributed by atoms with Crippen LogP contribution in [0.15, 0.2) is 42.6 Å². The maximum absolute atomic E-state index is 12.7. The van der Waals surface area contributed by atoms with Crippen LogP contribution >= 0.6 is 0 Å². The number of nitrogens with one attached hydrogen (secondary N) is 2. The van der Waals surface area contributed by atoms with Crippen LogP contribution in [0.2, 0.25) is 0 Å². The lowest BCUT2D eigenvalue weighted by atomic mass is 10.1. The Morgan fingerprint density at radius 1 is 1.25 bits per heavy atom. The number of amides is 1. The molecule has 0 atom stereocenters. The zero-order valence-corrected chi connectivity index (χ0v) is 10.8. The molecule has 1 heterocycles. The first-order valence-corrected chi connectivity index (χ1v) is 6.15. The van der Waals surface area contributed by atoms with E-state index in [4.69, 9.17) is 5.84 Å². The van der Waals surface area contributed by atoms with E-state index in [1.165, 1.54) is 12.1 Å². The van der Waals surface area contributed by atoms with Gasteiger partial charge in [0.25, 0.3) is 5.91 Å². The molecule has 4 N–H and O–H groups in total. The molecule has 1 aromatic heterocycles. The molecule has 0 aliphatic heterocycles. The summed E-state index contributed by atoms with van der Waals surface area (Å²) in [5, 5.41) is 2.77. The third-order valence-electron chi connectivity index (χ3n) is 2.80. The highest BCUT2D eigenvalue weighted by Gasteiger charge is 2.10. The van der Waals surface area contributed by atoms with E-state index in [1.807, 2.05) is 0 Å². The van der Waals surface area contributed by atoms with Gasteiger partial charge in [0.05, 0.1) is 5.56 Å². The number of nitrogens with zero attached hydrogens (tertiary/aromatic N) is 1. The number of halogens is 1. The molecule has 1 amide bonds. The van der Waals surface area contributed by atoms with E-state index >= 15 is 0 Å². The van der Waals surface area contributed by atoms with Crippen molar-refractivity contribution in [2.75, 3.05) is 12.0 Å². The summed E-state index contributed by atoms with van der Waals surface area (Å²) in [4.78, 5) is 15.9. The van der Waals surface area contributed by atoms with Crippen molar-refractivity contribution in [2.24, 2.45) is 5.84 Å².